The van der Waals surface area contributed by atoms with Crippen LogP contribution in [0.5, 0.6) is 0 Å². The summed E-state index contributed by atoms with van der Waals surface area (Å²) in [4.78, 5) is 20.9. The van der Waals surface area contributed by atoms with E-state index in [0.29, 0.717) is 21.6 Å². The van der Waals surface area contributed by atoms with Crippen molar-refractivity contribution in [2.45, 2.75) is 6.92 Å². The molecule has 1 N–H and O–H groups in total. The number of nitro groups is 1. The zero-order valence-corrected chi connectivity index (χ0v) is 12.5. The summed E-state index contributed by atoms with van der Waals surface area (Å²) in [5, 5.41) is 14.4. The number of nitro benzene ring substituents is 1. The second kappa shape index (κ2) is 6.31. The first-order valence-electron chi connectivity index (χ1n) is 5.81. The monoisotopic (exact) mass is 351 g/mol. The van der Waals surface area contributed by atoms with Gasteiger partial charge in [0.05, 0.1) is 11.1 Å². The van der Waals surface area contributed by atoms with Crippen LogP contribution in [0.25, 0.3) is 11.3 Å². The van der Waals surface area contributed by atoms with E-state index in [9.17, 15) is 14.9 Å². The number of non-ortho nitro benzene ring substituents is 1. The van der Waals surface area contributed by atoms with Crippen LogP contribution in [0.1, 0.15) is 12.7 Å². The van der Waals surface area contributed by atoms with Crippen LogP contribution in [0.15, 0.2) is 44.3 Å². The Hall–Kier alpha value is -2.48. The van der Waals surface area contributed by atoms with Gasteiger partial charge in [-0.2, -0.15) is 5.10 Å². The molecule has 0 bridgehead atoms. The Morgan fingerprint density at radius 3 is 2.81 bits per heavy atom. The number of nitrogens with zero attached hydrogens (tertiary/aromatic N) is 2. The molecule has 1 aromatic heterocycles. The molecule has 2 aromatic rings. The molecule has 0 spiro atoms. The first kappa shape index (κ1) is 14.9. The lowest BCUT2D eigenvalue weighted by Gasteiger charge is -2.00. The molecule has 21 heavy (non-hydrogen) atoms. The van der Waals surface area contributed by atoms with Gasteiger partial charge in [0.25, 0.3) is 5.69 Å². The van der Waals surface area contributed by atoms with Crippen molar-refractivity contribution in [1.82, 2.24) is 5.43 Å². The number of carbonyl (C=O) groups is 1. The van der Waals surface area contributed by atoms with Crippen molar-refractivity contribution >= 4 is 33.7 Å². The molecule has 0 saturated carbocycles. The zero-order valence-electron chi connectivity index (χ0n) is 10.9. The molecule has 1 heterocycles. The maximum Gasteiger partial charge on any atom is 0.270 e. The lowest BCUT2D eigenvalue weighted by Crippen LogP contribution is -2.12. The van der Waals surface area contributed by atoms with Crippen LogP contribution in [0.2, 0.25) is 0 Å². The van der Waals surface area contributed by atoms with Gasteiger partial charge in [0.2, 0.25) is 5.91 Å². The largest absolute Gasteiger partial charge is 0.455 e. The second-order valence-corrected chi connectivity index (χ2v) is 4.90. The molecule has 2 rings (SSSR count). The van der Waals surface area contributed by atoms with Crippen LogP contribution in [-0.4, -0.2) is 17.0 Å². The minimum atomic E-state index is -0.470. The first-order valence-corrected chi connectivity index (χ1v) is 6.60. The molecule has 0 fully saturated rings. The number of nitrogens with one attached hydrogen (secondary N) is 1. The molecule has 108 valence electrons. The minimum absolute atomic E-state index is 0.00961. The number of hydrazone groups is 1. The van der Waals surface area contributed by atoms with E-state index in [1.807, 2.05) is 0 Å². The molecule has 1 aromatic carbocycles. The maximum absolute atomic E-state index is 10.7. The van der Waals surface area contributed by atoms with Crippen LogP contribution >= 0.6 is 15.9 Å². The molecule has 1 amide bonds. The molecule has 0 aliphatic heterocycles. The summed E-state index contributed by atoms with van der Waals surface area (Å²) in [6.07, 6.45) is 1.37. The summed E-state index contributed by atoms with van der Waals surface area (Å²) < 4.78 is 6.08. The summed E-state index contributed by atoms with van der Waals surface area (Å²) in [5.41, 5.74) is 2.93. The molecule has 0 aliphatic carbocycles. The minimum Gasteiger partial charge on any atom is -0.455 e. The van der Waals surface area contributed by atoms with E-state index < -0.39 is 4.92 Å². The summed E-state index contributed by atoms with van der Waals surface area (Å²) >= 11 is 3.28. The standard InChI is InChI=1S/C13H10BrN3O4/c1-8(18)16-15-7-10-3-5-13(21-10)11-4-2-9(17(19)20)6-12(11)14/h2-7H,1H3,(H,16,18). The van der Waals surface area contributed by atoms with Gasteiger partial charge in [-0.25, -0.2) is 5.43 Å². The third kappa shape index (κ3) is 3.76. The van der Waals surface area contributed by atoms with Gasteiger partial charge >= 0.3 is 0 Å². The molecular weight excluding hydrogens is 342 g/mol. The smallest absolute Gasteiger partial charge is 0.270 e. The molecule has 0 atom stereocenters. The number of hydrogen-bond acceptors (Lipinski definition) is 5. The highest BCUT2D eigenvalue weighted by Gasteiger charge is 2.12. The highest BCUT2D eigenvalue weighted by molar-refractivity contribution is 9.10. The van der Waals surface area contributed by atoms with Crippen molar-refractivity contribution in [3.63, 3.8) is 0 Å². The topological polar surface area (TPSA) is 97.7 Å². The lowest BCUT2D eigenvalue weighted by molar-refractivity contribution is -0.384. The highest BCUT2D eigenvalue weighted by Crippen LogP contribution is 2.32. The average Bonchev–Trinajstić information content (AvgIpc) is 2.86. The predicted octanol–water partition coefficient (Wildman–Crippen LogP) is 3.09. The Bertz CT molecular complexity index is 724. The van der Waals surface area contributed by atoms with E-state index in [4.69, 9.17) is 4.42 Å². The van der Waals surface area contributed by atoms with Crippen LogP contribution in [0, 0.1) is 10.1 Å². The van der Waals surface area contributed by atoms with Crippen molar-refractivity contribution in [3.8, 4) is 11.3 Å². The summed E-state index contributed by atoms with van der Waals surface area (Å²) in [6.45, 7) is 1.35. The van der Waals surface area contributed by atoms with Gasteiger partial charge in [0.15, 0.2) is 0 Å². The Morgan fingerprint density at radius 2 is 2.19 bits per heavy atom. The van der Waals surface area contributed by atoms with Crippen LogP contribution in [0.3, 0.4) is 0 Å². The van der Waals surface area contributed by atoms with Crippen molar-refractivity contribution in [1.29, 1.82) is 0 Å². The number of carbonyl (C=O) groups excluding carboxylic acids is 1. The Balaban J connectivity index is 2.23. The van der Waals surface area contributed by atoms with Crippen molar-refractivity contribution < 1.29 is 14.1 Å². The number of halogens is 1. The number of benzene rings is 1. The molecular formula is C13H10BrN3O4. The second-order valence-electron chi connectivity index (χ2n) is 4.05. The maximum atomic E-state index is 10.7. The summed E-state index contributed by atoms with van der Waals surface area (Å²) in [5.74, 6) is 0.696. The fourth-order valence-corrected chi connectivity index (χ4v) is 2.13. The summed E-state index contributed by atoms with van der Waals surface area (Å²) in [6, 6.07) is 7.78. The van der Waals surface area contributed by atoms with Crippen LogP contribution in [-0.2, 0) is 4.79 Å². The van der Waals surface area contributed by atoms with E-state index in [1.54, 1.807) is 18.2 Å². The predicted molar refractivity (Wildman–Crippen MR) is 79.9 cm³/mol. The van der Waals surface area contributed by atoms with Gasteiger partial charge in [0, 0.05) is 29.1 Å². The van der Waals surface area contributed by atoms with E-state index in [2.05, 4.69) is 26.5 Å². The third-order valence-corrected chi connectivity index (χ3v) is 3.13. The normalized spacial score (nSPS) is 10.8. The molecule has 8 heteroatoms. The zero-order chi connectivity index (χ0) is 15.4. The highest BCUT2D eigenvalue weighted by atomic mass is 79.9. The molecule has 0 saturated heterocycles. The quantitative estimate of drug-likeness (QED) is 0.519. The lowest BCUT2D eigenvalue weighted by atomic mass is 10.1. The fourth-order valence-electron chi connectivity index (χ4n) is 1.57. The number of rotatable bonds is 4. The van der Waals surface area contributed by atoms with E-state index in [0.717, 1.165) is 0 Å². The third-order valence-electron chi connectivity index (χ3n) is 2.47. The molecule has 0 aliphatic rings. The van der Waals surface area contributed by atoms with E-state index in [-0.39, 0.29) is 11.6 Å². The molecule has 7 nitrogen and oxygen atoms in total. The van der Waals surface area contributed by atoms with Crippen LogP contribution in [0.4, 0.5) is 5.69 Å². The molecule has 0 radical (unpaired) electrons. The fraction of sp³-hybridized carbons (Fsp3) is 0.0769. The van der Waals surface area contributed by atoms with Gasteiger partial charge in [0.1, 0.15) is 11.5 Å². The van der Waals surface area contributed by atoms with Crippen molar-refractivity contribution in [3.05, 3.63) is 50.7 Å². The van der Waals surface area contributed by atoms with Crippen LogP contribution < -0.4 is 5.43 Å². The summed E-state index contributed by atoms with van der Waals surface area (Å²) in [7, 11) is 0. The average molecular weight is 352 g/mol. The van der Waals surface area contributed by atoms with Gasteiger partial charge in [-0.3, -0.25) is 14.9 Å². The first-order chi connectivity index (χ1) is 9.97. The van der Waals surface area contributed by atoms with Gasteiger partial charge in [-0.15, -0.1) is 0 Å². The number of furan rings is 1. The van der Waals surface area contributed by atoms with Crippen molar-refractivity contribution in [2.24, 2.45) is 5.10 Å². The molecule has 0 unspecified atom stereocenters. The van der Waals surface area contributed by atoms with E-state index in [1.165, 1.54) is 25.3 Å². The SMILES string of the molecule is CC(=O)NN=Cc1ccc(-c2ccc([N+](=O)[O-])cc2Br)o1. The van der Waals surface area contributed by atoms with Gasteiger partial charge in [-0.1, -0.05) is 0 Å². The Kier molecular flexibility index (Phi) is 4.49. The Labute approximate surface area is 127 Å². The van der Waals surface area contributed by atoms with Crippen molar-refractivity contribution in [2.75, 3.05) is 0 Å². The number of hydrogen-bond donors (Lipinski definition) is 1. The van der Waals surface area contributed by atoms with Gasteiger partial charge < -0.3 is 4.42 Å². The Morgan fingerprint density at radius 1 is 1.43 bits per heavy atom. The van der Waals surface area contributed by atoms with Gasteiger partial charge in [-0.05, 0) is 34.1 Å². The number of amides is 1. The van der Waals surface area contributed by atoms with E-state index >= 15 is 0 Å².